The van der Waals surface area contributed by atoms with Gasteiger partial charge in [-0.3, -0.25) is 0 Å². The summed E-state index contributed by atoms with van der Waals surface area (Å²) < 4.78 is 0. The third-order valence-electron chi connectivity index (χ3n) is 3.45. The molecule has 0 spiro atoms. The number of anilines is 2. The lowest BCUT2D eigenvalue weighted by Crippen LogP contribution is -2.25. The number of rotatable bonds is 5. The maximum absolute atomic E-state index is 5.99. The zero-order chi connectivity index (χ0) is 13.7. The molecule has 2 heteroatoms. The zero-order valence-corrected chi connectivity index (χ0v) is 11.8. The number of benzene rings is 2. The van der Waals surface area contributed by atoms with Gasteiger partial charge in [0, 0.05) is 24.5 Å². The summed E-state index contributed by atoms with van der Waals surface area (Å²) in [5.41, 5.74) is 10.7. The number of likely N-dealkylation sites (N-methyl/N-ethyl adjacent to an activating group) is 1. The Hall–Kier alpha value is -1.96. The van der Waals surface area contributed by atoms with Crippen LogP contribution in [0.15, 0.2) is 48.5 Å². The second-order valence-electron chi connectivity index (χ2n) is 4.87. The standard InChI is InChI=1S/C17H22N2/c1-3-19(16-9-6-7-14(2)13-16)12-11-15-8-4-5-10-17(15)18/h4-10,13H,3,11-12,18H2,1-2H3. The Morgan fingerprint density at radius 3 is 2.53 bits per heavy atom. The molecule has 0 atom stereocenters. The summed E-state index contributed by atoms with van der Waals surface area (Å²) in [4.78, 5) is 2.39. The predicted octanol–water partition coefficient (Wildman–Crippen LogP) is 3.65. The van der Waals surface area contributed by atoms with Crippen molar-refractivity contribution < 1.29 is 0 Å². The van der Waals surface area contributed by atoms with E-state index in [0.29, 0.717) is 0 Å². The van der Waals surface area contributed by atoms with Crippen LogP contribution in [0.2, 0.25) is 0 Å². The second-order valence-corrected chi connectivity index (χ2v) is 4.87. The van der Waals surface area contributed by atoms with Gasteiger partial charge >= 0.3 is 0 Å². The van der Waals surface area contributed by atoms with Crippen molar-refractivity contribution >= 4 is 11.4 Å². The highest BCUT2D eigenvalue weighted by Gasteiger charge is 2.05. The molecule has 0 bridgehead atoms. The van der Waals surface area contributed by atoms with Crippen LogP contribution in [-0.2, 0) is 6.42 Å². The molecule has 2 N–H and O–H groups in total. The van der Waals surface area contributed by atoms with Crippen molar-refractivity contribution in [3.05, 3.63) is 59.7 Å². The van der Waals surface area contributed by atoms with E-state index in [1.54, 1.807) is 0 Å². The number of nitrogens with zero attached hydrogens (tertiary/aromatic N) is 1. The van der Waals surface area contributed by atoms with Crippen molar-refractivity contribution in [3.63, 3.8) is 0 Å². The molecule has 0 radical (unpaired) electrons. The summed E-state index contributed by atoms with van der Waals surface area (Å²) in [5.74, 6) is 0. The molecule has 0 aromatic heterocycles. The third kappa shape index (κ3) is 3.50. The van der Waals surface area contributed by atoms with E-state index in [0.717, 1.165) is 25.2 Å². The molecule has 0 amide bonds. The van der Waals surface area contributed by atoms with Gasteiger partial charge in [0.05, 0.1) is 0 Å². The smallest absolute Gasteiger partial charge is 0.0368 e. The Labute approximate surface area is 115 Å². The van der Waals surface area contributed by atoms with Crippen LogP contribution in [0.3, 0.4) is 0 Å². The lowest BCUT2D eigenvalue weighted by molar-refractivity contribution is 0.809. The molecule has 0 heterocycles. The second kappa shape index (κ2) is 6.28. The van der Waals surface area contributed by atoms with Crippen LogP contribution < -0.4 is 10.6 Å². The van der Waals surface area contributed by atoms with Crippen molar-refractivity contribution in [2.24, 2.45) is 0 Å². The number of hydrogen-bond donors (Lipinski definition) is 1. The molecule has 0 aliphatic heterocycles. The highest BCUT2D eigenvalue weighted by Crippen LogP contribution is 2.18. The van der Waals surface area contributed by atoms with Crippen molar-refractivity contribution in [1.29, 1.82) is 0 Å². The van der Waals surface area contributed by atoms with E-state index in [-0.39, 0.29) is 0 Å². The van der Waals surface area contributed by atoms with E-state index in [4.69, 9.17) is 5.73 Å². The first kappa shape index (κ1) is 13.5. The van der Waals surface area contributed by atoms with E-state index in [2.05, 4.69) is 55.1 Å². The van der Waals surface area contributed by atoms with E-state index in [1.165, 1.54) is 16.8 Å². The first-order valence-corrected chi connectivity index (χ1v) is 6.85. The molecule has 2 aromatic rings. The molecule has 0 aliphatic carbocycles. The molecular formula is C17H22N2. The van der Waals surface area contributed by atoms with Gasteiger partial charge in [-0.2, -0.15) is 0 Å². The van der Waals surface area contributed by atoms with Crippen LogP contribution in [0.5, 0.6) is 0 Å². The van der Waals surface area contributed by atoms with Crippen LogP contribution in [0.25, 0.3) is 0 Å². The van der Waals surface area contributed by atoms with Gasteiger partial charge in [0.1, 0.15) is 0 Å². The van der Waals surface area contributed by atoms with Crippen molar-refractivity contribution in [3.8, 4) is 0 Å². The fourth-order valence-corrected chi connectivity index (χ4v) is 2.31. The van der Waals surface area contributed by atoms with Gasteiger partial charge in [0.2, 0.25) is 0 Å². The van der Waals surface area contributed by atoms with Crippen LogP contribution in [0, 0.1) is 6.92 Å². The van der Waals surface area contributed by atoms with Crippen molar-refractivity contribution in [2.45, 2.75) is 20.3 Å². The van der Waals surface area contributed by atoms with Crippen LogP contribution in [0.4, 0.5) is 11.4 Å². The molecule has 2 aromatic carbocycles. The Balaban J connectivity index is 2.06. The number of aryl methyl sites for hydroxylation is 1. The minimum atomic E-state index is 0.891. The van der Waals surface area contributed by atoms with Gasteiger partial charge in [0.15, 0.2) is 0 Å². The average Bonchev–Trinajstić information content (AvgIpc) is 2.41. The van der Waals surface area contributed by atoms with Gasteiger partial charge in [0.25, 0.3) is 0 Å². The summed E-state index contributed by atoms with van der Waals surface area (Å²) in [6, 6.07) is 16.8. The lowest BCUT2D eigenvalue weighted by atomic mass is 10.1. The summed E-state index contributed by atoms with van der Waals surface area (Å²) in [5, 5.41) is 0. The Morgan fingerprint density at radius 2 is 1.84 bits per heavy atom. The number of nitrogen functional groups attached to an aromatic ring is 1. The molecule has 19 heavy (non-hydrogen) atoms. The summed E-state index contributed by atoms with van der Waals surface area (Å²) in [7, 11) is 0. The fourth-order valence-electron chi connectivity index (χ4n) is 2.31. The van der Waals surface area contributed by atoms with E-state index in [9.17, 15) is 0 Å². The van der Waals surface area contributed by atoms with Gasteiger partial charge in [-0.05, 0) is 49.6 Å². The minimum absolute atomic E-state index is 0.891. The molecule has 0 unspecified atom stereocenters. The molecule has 2 rings (SSSR count). The van der Waals surface area contributed by atoms with Crippen LogP contribution in [0.1, 0.15) is 18.1 Å². The monoisotopic (exact) mass is 254 g/mol. The molecular weight excluding hydrogens is 232 g/mol. The zero-order valence-electron chi connectivity index (χ0n) is 11.8. The quantitative estimate of drug-likeness (QED) is 0.825. The van der Waals surface area contributed by atoms with E-state index < -0.39 is 0 Å². The Bertz CT molecular complexity index is 534. The maximum Gasteiger partial charge on any atom is 0.0368 e. The normalized spacial score (nSPS) is 10.4. The summed E-state index contributed by atoms with van der Waals surface area (Å²) in [6.07, 6.45) is 0.981. The summed E-state index contributed by atoms with van der Waals surface area (Å²) in [6.45, 7) is 6.33. The largest absolute Gasteiger partial charge is 0.399 e. The first-order chi connectivity index (χ1) is 9.20. The molecule has 0 saturated heterocycles. The molecule has 100 valence electrons. The minimum Gasteiger partial charge on any atom is -0.399 e. The number of nitrogens with two attached hydrogens (primary N) is 1. The lowest BCUT2D eigenvalue weighted by Gasteiger charge is -2.23. The van der Waals surface area contributed by atoms with Gasteiger partial charge in [-0.15, -0.1) is 0 Å². The molecule has 2 nitrogen and oxygen atoms in total. The maximum atomic E-state index is 5.99. The van der Waals surface area contributed by atoms with Gasteiger partial charge in [-0.25, -0.2) is 0 Å². The van der Waals surface area contributed by atoms with Crippen molar-refractivity contribution in [1.82, 2.24) is 0 Å². The summed E-state index contributed by atoms with van der Waals surface area (Å²) >= 11 is 0. The van der Waals surface area contributed by atoms with E-state index in [1.807, 2.05) is 12.1 Å². The predicted molar refractivity (Wildman–Crippen MR) is 83.6 cm³/mol. The molecule has 0 fully saturated rings. The number of para-hydroxylation sites is 1. The topological polar surface area (TPSA) is 29.3 Å². The molecule has 0 aliphatic rings. The van der Waals surface area contributed by atoms with Crippen LogP contribution in [-0.4, -0.2) is 13.1 Å². The third-order valence-corrected chi connectivity index (χ3v) is 3.45. The van der Waals surface area contributed by atoms with Crippen molar-refractivity contribution in [2.75, 3.05) is 23.7 Å². The highest BCUT2D eigenvalue weighted by molar-refractivity contribution is 5.50. The van der Waals surface area contributed by atoms with Gasteiger partial charge < -0.3 is 10.6 Å². The Kier molecular flexibility index (Phi) is 4.45. The highest BCUT2D eigenvalue weighted by atomic mass is 15.1. The number of hydrogen-bond acceptors (Lipinski definition) is 2. The van der Waals surface area contributed by atoms with E-state index >= 15 is 0 Å². The molecule has 0 saturated carbocycles. The van der Waals surface area contributed by atoms with Gasteiger partial charge in [-0.1, -0.05) is 30.3 Å². The fraction of sp³-hybridized carbons (Fsp3) is 0.294. The Morgan fingerprint density at radius 1 is 1.05 bits per heavy atom. The average molecular weight is 254 g/mol. The SMILES string of the molecule is CCN(CCc1ccccc1N)c1cccc(C)c1. The van der Waals surface area contributed by atoms with Crippen LogP contribution >= 0.6 is 0 Å². The first-order valence-electron chi connectivity index (χ1n) is 6.85.